The summed E-state index contributed by atoms with van der Waals surface area (Å²) in [7, 11) is -3.33. The SMILES string of the molecule is O=[PH+]O.OB(O)O.[Al+3].[Zn+2]. The second-order valence-corrected chi connectivity index (χ2v) is 0.620. The van der Waals surface area contributed by atoms with Gasteiger partial charge in [-0.1, -0.05) is 0 Å². The van der Waals surface area contributed by atoms with Gasteiger partial charge in [0.05, 0.1) is 0 Å². The van der Waals surface area contributed by atoms with Gasteiger partial charge in [-0.3, -0.25) is 0 Å². The van der Waals surface area contributed by atoms with Crippen molar-refractivity contribution in [2.45, 2.75) is 0 Å². The zero-order chi connectivity index (χ0) is 6.28. The van der Waals surface area contributed by atoms with Crippen molar-refractivity contribution in [3.63, 3.8) is 0 Å². The van der Waals surface area contributed by atoms with Gasteiger partial charge in [0.2, 0.25) is 0 Å². The molecule has 9 heavy (non-hydrogen) atoms. The minimum absolute atomic E-state index is 0. The molecule has 0 fully saturated rings. The van der Waals surface area contributed by atoms with E-state index in [1.54, 1.807) is 0 Å². The van der Waals surface area contributed by atoms with Gasteiger partial charge in [0.25, 0.3) is 0 Å². The average Bonchev–Trinajstić information content (AvgIpc) is 1.33. The van der Waals surface area contributed by atoms with E-state index in [0.29, 0.717) is 0 Å². The zero-order valence-electron chi connectivity index (χ0n) is 4.56. The number of hydrogen-bond acceptors (Lipinski definition) is 4. The first kappa shape index (κ1) is 22.5. The summed E-state index contributed by atoms with van der Waals surface area (Å²) in [6.45, 7) is 0. The Balaban J connectivity index is -0.0000000233. The van der Waals surface area contributed by atoms with Crippen LogP contribution in [0.15, 0.2) is 0 Å². The fraction of sp³-hybridized carbons (Fsp3) is 0. The fourth-order valence-corrected chi connectivity index (χ4v) is 0. The van der Waals surface area contributed by atoms with E-state index in [0.717, 1.165) is 0 Å². The molecule has 9 heteroatoms. The Morgan fingerprint density at radius 3 is 1.22 bits per heavy atom. The third kappa shape index (κ3) is 349. The van der Waals surface area contributed by atoms with Gasteiger partial charge in [-0.25, -0.2) is 0 Å². The maximum absolute atomic E-state index is 8.51. The summed E-state index contributed by atoms with van der Waals surface area (Å²) >= 11 is 0. The minimum Gasteiger partial charge on any atom is -0.402 e. The summed E-state index contributed by atoms with van der Waals surface area (Å²) < 4.78 is 8.51. The Hall–Kier alpha value is 1.16. The van der Waals surface area contributed by atoms with Crippen molar-refractivity contribution in [2.75, 3.05) is 0 Å². The molecule has 0 amide bonds. The topological polar surface area (TPSA) is 98.0 Å². The summed E-state index contributed by atoms with van der Waals surface area (Å²) in [5.41, 5.74) is 0. The van der Waals surface area contributed by atoms with Crippen LogP contribution in [0.5, 0.6) is 0 Å². The predicted molar refractivity (Wildman–Crippen MR) is 29.4 cm³/mol. The van der Waals surface area contributed by atoms with Crippen molar-refractivity contribution in [2.24, 2.45) is 0 Å². The maximum Gasteiger partial charge on any atom is 3.00 e. The van der Waals surface area contributed by atoms with Crippen LogP contribution in [-0.2, 0) is 24.0 Å². The summed E-state index contributed by atoms with van der Waals surface area (Å²) in [6, 6.07) is 0. The Morgan fingerprint density at radius 2 is 1.22 bits per heavy atom. The molecule has 4 N–H and O–H groups in total. The van der Waals surface area contributed by atoms with Gasteiger partial charge in [0.1, 0.15) is 0 Å². The van der Waals surface area contributed by atoms with Gasteiger partial charge in [-0.2, -0.15) is 4.89 Å². The minimum atomic E-state index is -2.17. The Bertz CT molecular complexity index is 41.2. The third-order valence-electron chi connectivity index (χ3n) is 0. The molecule has 5 nitrogen and oxygen atoms in total. The monoisotopic (exact) mass is 218 g/mol. The molecular formula is H5AlBO5PZn+6. The summed E-state index contributed by atoms with van der Waals surface area (Å²) in [6.07, 6.45) is 0. The van der Waals surface area contributed by atoms with Crippen LogP contribution in [0.2, 0.25) is 0 Å². The molecule has 0 aliphatic rings. The Kier molecular flexibility index (Phi) is 57.2. The molecule has 0 heterocycles. The molecular weight excluding hydrogens is 214 g/mol. The fourth-order valence-electron chi connectivity index (χ4n) is 0. The molecule has 0 saturated heterocycles. The Labute approximate surface area is 77.4 Å². The second-order valence-electron chi connectivity index (χ2n) is 0.438. The van der Waals surface area contributed by atoms with Gasteiger partial charge < -0.3 is 15.1 Å². The molecule has 0 aromatic heterocycles. The predicted octanol–water partition coefficient (Wildman–Crippen LogP) is -2.52. The van der Waals surface area contributed by atoms with Crippen LogP contribution < -0.4 is 0 Å². The first-order chi connectivity index (χ1) is 3.15. The molecule has 0 spiro atoms. The van der Waals surface area contributed by atoms with Gasteiger partial charge in [-0.05, 0) is 4.57 Å². The van der Waals surface area contributed by atoms with E-state index < -0.39 is 16.0 Å². The molecule has 0 aliphatic heterocycles. The van der Waals surface area contributed by atoms with Crippen LogP contribution in [0, 0.1) is 0 Å². The van der Waals surface area contributed by atoms with E-state index in [2.05, 4.69) is 0 Å². The average molecular weight is 219 g/mol. The molecule has 1 unspecified atom stereocenters. The third-order valence-corrected chi connectivity index (χ3v) is 0. The molecule has 1 atom stereocenters. The first-order valence-electron chi connectivity index (χ1n) is 1.20. The van der Waals surface area contributed by atoms with Crippen molar-refractivity contribution < 1.29 is 44.0 Å². The van der Waals surface area contributed by atoms with Crippen LogP contribution in [-0.4, -0.2) is 44.6 Å². The smallest absolute Gasteiger partial charge is 0.402 e. The summed E-state index contributed by atoms with van der Waals surface area (Å²) in [5.74, 6) is 0. The molecule has 0 aliphatic carbocycles. The summed E-state index contributed by atoms with van der Waals surface area (Å²) in [5, 5.41) is 21.5. The quantitative estimate of drug-likeness (QED) is 0.266. The van der Waals surface area contributed by atoms with E-state index in [4.69, 9.17) is 24.5 Å². The van der Waals surface area contributed by atoms with Crippen LogP contribution in [0.4, 0.5) is 0 Å². The van der Waals surface area contributed by atoms with Crippen LogP contribution >= 0.6 is 8.69 Å². The van der Waals surface area contributed by atoms with E-state index in [9.17, 15) is 0 Å². The largest absolute Gasteiger partial charge is 3.00 e. The van der Waals surface area contributed by atoms with Gasteiger partial charge in [0, 0.05) is 0 Å². The molecule has 0 rings (SSSR count). The van der Waals surface area contributed by atoms with Crippen molar-refractivity contribution >= 4 is 33.4 Å². The van der Waals surface area contributed by atoms with E-state index in [1.807, 2.05) is 0 Å². The van der Waals surface area contributed by atoms with E-state index in [1.165, 1.54) is 0 Å². The standard InChI is InChI=1S/Al.BH3O3.HO2P.Zn/c;2-1(3)4;1-3-2;/h;2-4H;3H;/q+3;;;+2/p+1. The van der Waals surface area contributed by atoms with Gasteiger partial charge in [0.15, 0.2) is 0 Å². The normalized spacial score (nSPS) is 5.33. The second kappa shape index (κ2) is 22.9. The van der Waals surface area contributed by atoms with Crippen molar-refractivity contribution in [3.8, 4) is 0 Å². The summed E-state index contributed by atoms with van der Waals surface area (Å²) in [4.78, 5) is 7.04. The van der Waals surface area contributed by atoms with Crippen LogP contribution in [0.1, 0.15) is 0 Å². The van der Waals surface area contributed by atoms with Crippen LogP contribution in [0.3, 0.4) is 0 Å². The number of rotatable bonds is 0. The first-order valence-corrected chi connectivity index (χ1v) is 2.06. The molecule has 0 aromatic rings. The maximum atomic E-state index is 8.51. The van der Waals surface area contributed by atoms with Gasteiger partial charge >= 0.3 is 52.8 Å². The number of hydrogen-bond donors (Lipinski definition) is 4. The van der Waals surface area contributed by atoms with Crippen LogP contribution in [0.25, 0.3) is 0 Å². The van der Waals surface area contributed by atoms with Gasteiger partial charge in [-0.15, -0.1) is 0 Å². The van der Waals surface area contributed by atoms with Crippen molar-refractivity contribution in [1.82, 2.24) is 0 Å². The zero-order valence-corrected chi connectivity index (χ0v) is 9.68. The van der Waals surface area contributed by atoms with Crippen molar-refractivity contribution in [3.05, 3.63) is 0 Å². The van der Waals surface area contributed by atoms with Crippen molar-refractivity contribution in [1.29, 1.82) is 0 Å². The molecule has 0 saturated carbocycles. The molecule has 42 valence electrons. The molecule has 0 radical (unpaired) electrons. The molecule has 0 aromatic carbocycles. The molecule has 0 bridgehead atoms. The Morgan fingerprint density at radius 1 is 1.22 bits per heavy atom. The van der Waals surface area contributed by atoms with E-state index in [-0.39, 0.29) is 36.8 Å². The van der Waals surface area contributed by atoms with E-state index >= 15 is 0 Å².